The molecule has 0 spiro atoms. The van der Waals surface area contributed by atoms with Gasteiger partial charge in [0, 0.05) is 9.50 Å². The minimum Gasteiger partial charge on any atom is -0.225 e. The van der Waals surface area contributed by atoms with Gasteiger partial charge in [-0.3, -0.25) is 0 Å². The van der Waals surface area contributed by atoms with E-state index in [2.05, 4.69) is 20.9 Å². The van der Waals surface area contributed by atoms with Gasteiger partial charge in [-0.15, -0.1) is 11.3 Å². The molecule has 1 aromatic heterocycles. The van der Waals surface area contributed by atoms with Crippen molar-refractivity contribution in [3.05, 3.63) is 26.6 Å². The molecule has 5 heteroatoms. The number of halogens is 2. The van der Waals surface area contributed by atoms with Gasteiger partial charge < -0.3 is 0 Å². The van der Waals surface area contributed by atoms with E-state index in [1.165, 1.54) is 11.3 Å². The molecule has 2 aromatic rings. The highest BCUT2D eigenvalue weighted by molar-refractivity contribution is 9.10. The summed E-state index contributed by atoms with van der Waals surface area (Å²) in [6.07, 6.45) is 0. The first kappa shape index (κ1) is 8.95. The maximum absolute atomic E-state index is 8.65. The lowest BCUT2D eigenvalue weighted by Crippen LogP contribution is -1.72. The molecule has 0 unspecified atom stereocenters. The van der Waals surface area contributed by atoms with Crippen molar-refractivity contribution >= 4 is 49.1 Å². The Morgan fingerprint density at radius 2 is 2.31 bits per heavy atom. The molecular formula is C8H2BrClN2S. The van der Waals surface area contributed by atoms with E-state index in [0.717, 1.165) is 14.7 Å². The predicted molar refractivity (Wildman–Crippen MR) is 57.0 cm³/mol. The number of nitrogens with zero attached hydrogens (tertiary/aromatic N) is 2. The van der Waals surface area contributed by atoms with Crippen LogP contribution >= 0.6 is 38.9 Å². The molecular weight excluding hydrogens is 272 g/mol. The second-order valence-electron chi connectivity index (χ2n) is 2.37. The Kier molecular flexibility index (Phi) is 2.24. The van der Waals surface area contributed by atoms with Crippen LogP contribution in [0.5, 0.6) is 0 Å². The number of thiazole rings is 1. The Hall–Kier alpha value is -0.630. The predicted octanol–water partition coefficient (Wildman–Crippen LogP) is 3.58. The summed E-state index contributed by atoms with van der Waals surface area (Å²) in [5.74, 6) is 0. The number of nitriles is 1. The Morgan fingerprint density at radius 3 is 3.00 bits per heavy atom. The Morgan fingerprint density at radius 1 is 1.54 bits per heavy atom. The van der Waals surface area contributed by atoms with Crippen LogP contribution in [0.3, 0.4) is 0 Å². The molecule has 0 amide bonds. The molecule has 0 N–H and O–H groups in total. The van der Waals surface area contributed by atoms with Gasteiger partial charge >= 0.3 is 0 Å². The van der Waals surface area contributed by atoms with E-state index in [-0.39, 0.29) is 0 Å². The fourth-order valence-electron chi connectivity index (χ4n) is 1.01. The number of aromatic nitrogens is 1. The molecule has 0 bridgehead atoms. The quantitative estimate of drug-likeness (QED) is 0.735. The SMILES string of the molecule is N#Cc1nc2c(Br)cc(Cl)cc2s1. The van der Waals surface area contributed by atoms with Crippen molar-refractivity contribution in [2.75, 3.05) is 0 Å². The molecule has 13 heavy (non-hydrogen) atoms. The minimum absolute atomic E-state index is 0.456. The highest BCUT2D eigenvalue weighted by Gasteiger charge is 2.07. The summed E-state index contributed by atoms with van der Waals surface area (Å²) in [6.45, 7) is 0. The summed E-state index contributed by atoms with van der Waals surface area (Å²) in [4.78, 5) is 4.12. The van der Waals surface area contributed by atoms with Crippen LogP contribution < -0.4 is 0 Å². The van der Waals surface area contributed by atoms with Crippen LogP contribution in [0.4, 0.5) is 0 Å². The second-order valence-corrected chi connectivity index (χ2v) is 4.69. The topological polar surface area (TPSA) is 36.7 Å². The normalized spacial score (nSPS) is 10.2. The lowest BCUT2D eigenvalue weighted by atomic mass is 10.3. The van der Waals surface area contributed by atoms with Crippen LogP contribution in [0, 0.1) is 11.3 Å². The molecule has 1 aromatic carbocycles. The van der Waals surface area contributed by atoms with Gasteiger partial charge in [-0.1, -0.05) is 11.6 Å². The molecule has 0 aliphatic carbocycles. The average molecular weight is 274 g/mol. The lowest BCUT2D eigenvalue weighted by Gasteiger charge is -1.92. The van der Waals surface area contributed by atoms with E-state index in [0.29, 0.717) is 10.0 Å². The van der Waals surface area contributed by atoms with E-state index in [1.807, 2.05) is 6.07 Å². The van der Waals surface area contributed by atoms with Crippen molar-refractivity contribution in [3.8, 4) is 6.07 Å². The molecule has 64 valence electrons. The Labute approximate surface area is 91.9 Å². The zero-order valence-corrected chi connectivity index (χ0v) is 9.37. The standard InChI is InChI=1S/C8H2BrClN2S/c9-5-1-4(10)2-6-8(5)12-7(3-11)13-6/h1-2H. The third-order valence-corrected chi connectivity index (χ3v) is 3.24. The summed E-state index contributed by atoms with van der Waals surface area (Å²) in [6, 6.07) is 5.58. The highest BCUT2D eigenvalue weighted by atomic mass is 79.9. The molecule has 0 saturated carbocycles. The maximum Gasteiger partial charge on any atom is 0.195 e. The molecule has 0 fully saturated rings. The third-order valence-electron chi connectivity index (χ3n) is 1.51. The van der Waals surface area contributed by atoms with Crippen molar-refractivity contribution in [2.24, 2.45) is 0 Å². The van der Waals surface area contributed by atoms with Crippen LogP contribution in [-0.4, -0.2) is 4.98 Å². The molecule has 0 aliphatic rings. The van der Waals surface area contributed by atoms with Gasteiger partial charge in [0.25, 0.3) is 0 Å². The monoisotopic (exact) mass is 272 g/mol. The van der Waals surface area contributed by atoms with Crippen molar-refractivity contribution in [3.63, 3.8) is 0 Å². The number of hydrogen-bond acceptors (Lipinski definition) is 3. The molecule has 0 radical (unpaired) electrons. The Bertz CT molecular complexity index is 515. The molecule has 2 nitrogen and oxygen atoms in total. The number of rotatable bonds is 0. The van der Waals surface area contributed by atoms with Crippen LogP contribution in [0.15, 0.2) is 16.6 Å². The maximum atomic E-state index is 8.65. The first-order valence-corrected chi connectivity index (χ1v) is 5.35. The first-order chi connectivity index (χ1) is 6.20. The second kappa shape index (κ2) is 3.26. The largest absolute Gasteiger partial charge is 0.225 e. The molecule has 0 aliphatic heterocycles. The van der Waals surface area contributed by atoms with Crippen LogP contribution in [0.2, 0.25) is 5.02 Å². The van der Waals surface area contributed by atoms with E-state index in [4.69, 9.17) is 16.9 Å². The van der Waals surface area contributed by atoms with Crippen molar-refractivity contribution < 1.29 is 0 Å². The van der Waals surface area contributed by atoms with E-state index in [1.54, 1.807) is 12.1 Å². The van der Waals surface area contributed by atoms with Crippen LogP contribution in [0.1, 0.15) is 5.01 Å². The third kappa shape index (κ3) is 1.55. The van der Waals surface area contributed by atoms with Crippen LogP contribution in [0.25, 0.3) is 10.2 Å². The zero-order chi connectivity index (χ0) is 9.42. The van der Waals surface area contributed by atoms with Crippen LogP contribution in [-0.2, 0) is 0 Å². The molecule has 1 heterocycles. The van der Waals surface area contributed by atoms with Crippen molar-refractivity contribution in [1.82, 2.24) is 4.98 Å². The minimum atomic E-state index is 0.456. The summed E-state index contributed by atoms with van der Waals surface area (Å²) >= 11 is 10.5. The number of benzene rings is 1. The summed E-state index contributed by atoms with van der Waals surface area (Å²) in [5.41, 5.74) is 0.797. The molecule has 0 atom stereocenters. The van der Waals surface area contributed by atoms with Gasteiger partial charge in [0.2, 0.25) is 0 Å². The average Bonchev–Trinajstić information content (AvgIpc) is 2.47. The van der Waals surface area contributed by atoms with Gasteiger partial charge in [0.1, 0.15) is 6.07 Å². The molecule has 0 saturated heterocycles. The van der Waals surface area contributed by atoms with Gasteiger partial charge in [-0.2, -0.15) is 5.26 Å². The molecule has 2 rings (SSSR count). The lowest BCUT2D eigenvalue weighted by molar-refractivity contribution is 1.39. The smallest absolute Gasteiger partial charge is 0.195 e. The fourth-order valence-corrected chi connectivity index (χ4v) is 2.93. The van der Waals surface area contributed by atoms with E-state index >= 15 is 0 Å². The first-order valence-electron chi connectivity index (χ1n) is 3.36. The van der Waals surface area contributed by atoms with Gasteiger partial charge in [0.15, 0.2) is 5.01 Å². The summed E-state index contributed by atoms with van der Waals surface area (Å²) in [5, 5.41) is 9.75. The van der Waals surface area contributed by atoms with E-state index in [9.17, 15) is 0 Å². The number of fused-ring (bicyclic) bond motifs is 1. The van der Waals surface area contributed by atoms with Gasteiger partial charge in [0.05, 0.1) is 10.2 Å². The van der Waals surface area contributed by atoms with E-state index < -0.39 is 0 Å². The highest BCUT2D eigenvalue weighted by Crippen LogP contribution is 2.31. The summed E-state index contributed by atoms with van der Waals surface area (Å²) in [7, 11) is 0. The zero-order valence-electron chi connectivity index (χ0n) is 6.21. The van der Waals surface area contributed by atoms with Gasteiger partial charge in [-0.05, 0) is 28.1 Å². The Balaban J connectivity index is 2.84. The van der Waals surface area contributed by atoms with Crippen molar-refractivity contribution in [1.29, 1.82) is 5.26 Å². The fraction of sp³-hybridized carbons (Fsp3) is 0. The number of hydrogen-bond donors (Lipinski definition) is 0. The van der Waals surface area contributed by atoms with Gasteiger partial charge in [-0.25, -0.2) is 4.98 Å². The van der Waals surface area contributed by atoms with Crippen molar-refractivity contribution in [2.45, 2.75) is 0 Å². The summed E-state index contributed by atoms with van der Waals surface area (Å²) < 4.78 is 1.75.